The van der Waals surface area contributed by atoms with Crippen LogP contribution in [0.1, 0.15) is 32.1 Å². The van der Waals surface area contributed by atoms with Gasteiger partial charge in [-0.05, 0) is 43.3 Å². The fourth-order valence-corrected chi connectivity index (χ4v) is 2.83. The van der Waals surface area contributed by atoms with Crippen LogP contribution in [0.15, 0.2) is 18.2 Å². The molecule has 19 heavy (non-hydrogen) atoms. The minimum Gasteiger partial charge on any atom is -0.349 e. The van der Waals surface area contributed by atoms with E-state index in [1.54, 1.807) is 12.1 Å². The van der Waals surface area contributed by atoms with Crippen LogP contribution < -0.4 is 5.32 Å². The average Bonchev–Trinajstić information content (AvgIpc) is 2.33. The smallest absolute Gasteiger partial charge is 0.173 e. The molecule has 0 bridgehead atoms. The zero-order valence-electron chi connectivity index (χ0n) is 10.8. The topological polar surface area (TPSA) is 15.3 Å². The van der Waals surface area contributed by atoms with Gasteiger partial charge in [-0.3, -0.25) is 0 Å². The summed E-state index contributed by atoms with van der Waals surface area (Å²) in [6, 6.07) is 5.48. The first kappa shape index (κ1) is 14.9. The number of hydrogen-bond donors (Lipinski definition) is 1. The third-order valence-electron chi connectivity index (χ3n) is 3.31. The molecule has 1 aliphatic heterocycles. The predicted molar refractivity (Wildman–Crippen MR) is 87.3 cm³/mol. The Morgan fingerprint density at radius 3 is 2.26 bits per heavy atom. The van der Waals surface area contributed by atoms with Gasteiger partial charge >= 0.3 is 0 Å². The molecule has 104 valence electrons. The molecule has 1 N–H and O–H groups in total. The van der Waals surface area contributed by atoms with Gasteiger partial charge in [0, 0.05) is 18.8 Å². The summed E-state index contributed by atoms with van der Waals surface area (Å²) >= 11 is 17.4. The first-order chi connectivity index (χ1) is 9.16. The maximum atomic E-state index is 6.00. The Kier molecular flexibility index (Phi) is 5.74. The number of anilines is 1. The summed E-state index contributed by atoms with van der Waals surface area (Å²) in [5.74, 6) is 0. The van der Waals surface area contributed by atoms with E-state index in [0.717, 1.165) is 23.9 Å². The lowest BCUT2D eigenvalue weighted by Gasteiger charge is -2.27. The standard InChI is InChI=1S/C14H18Cl2N2S/c15-12-7-6-11(10-13(12)16)17-14(19)18-8-4-2-1-3-5-9-18/h6-7,10H,1-5,8-9H2,(H,17,19). The molecule has 0 unspecified atom stereocenters. The van der Waals surface area contributed by atoms with E-state index in [-0.39, 0.29) is 0 Å². The fourth-order valence-electron chi connectivity index (χ4n) is 2.23. The molecule has 1 aliphatic rings. The Morgan fingerprint density at radius 2 is 1.63 bits per heavy atom. The molecule has 0 radical (unpaired) electrons. The fraction of sp³-hybridized carbons (Fsp3) is 0.500. The van der Waals surface area contributed by atoms with Gasteiger partial charge < -0.3 is 10.2 Å². The summed E-state index contributed by atoms with van der Waals surface area (Å²) in [6.07, 6.45) is 6.37. The summed E-state index contributed by atoms with van der Waals surface area (Å²) in [6.45, 7) is 2.07. The molecule has 0 atom stereocenters. The van der Waals surface area contributed by atoms with E-state index in [1.165, 1.54) is 32.1 Å². The molecule has 0 aliphatic carbocycles. The second kappa shape index (κ2) is 7.32. The number of likely N-dealkylation sites (tertiary alicyclic amines) is 1. The van der Waals surface area contributed by atoms with Crippen molar-refractivity contribution < 1.29 is 0 Å². The van der Waals surface area contributed by atoms with Gasteiger partial charge in [0.05, 0.1) is 10.0 Å². The molecule has 1 heterocycles. The second-order valence-electron chi connectivity index (χ2n) is 4.81. The van der Waals surface area contributed by atoms with E-state index in [9.17, 15) is 0 Å². The zero-order valence-corrected chi connectivity index (χ0v) is 13.1. The molecule has 0 aromatic heterocycles. The number of halogens is 2. The van der Waals surface area contributed by atoms with Crippen LogP contribution in [0.25, 0.3) is 0 Å². The summed E-state index contributed by atoms with van der Waals surface area (Å²) < 4.78 is 0. The normalized spacial score (nSPS) is 16.6. The Hall–Kier alpha value is -0.510. The van der Waals surface area contributed by atoms with E-state index < -0.39 is 0 Å². The van der Waals surface area contributed by atoms with Gasteiger partial charge in [0.15, 0.2) is 5.11 Å². The lowest BCUT2D eigenvalue weighted by atomic mass is 10.1. The van der Waals surface area contributed by atoms with Crippen LogP contribution in [0.3, 0.4) is 0 Å². The van der Waals surface area contributed by atoms with Crippen molar-refractivity contribution in [3.8, 4) is 0 Å². The molecule has 0 amide bonds. The van der Waals surface area contributed by atoms with E-state index in [0.29, 0.717) is 10.0 Å². The van der Waals surface area contributed by atoms with Gasteiger partial charge in [-0.15, -0.1) is 0 Å². The summed E-state index contributed by atoms with van der Waals surface area (Å²) in [4.78, 5) is 2.25. The maximum Gasteiger partial charge on any atom is 0.173 e. The molecule has 5 heteroatoms. The van der Waals surface area contributed by atoms with Crippen LogP contribution in [0.4, 0.5) is 5.69 Å². The SMILES string of the molecule is S=C(Nc1ccc(Cl)c(Cl)c1)N1CCCCCCC1. The molecule has 0 saturated carbocycles. The van der Waals surface area contributed by atoms with Crippen molar-refractivity contribution in [3.63, 3.8) is 0 Å². The number of hydrogen-bond acceptors (Lipinski definition) is 1. The van der Waals surface area contributed by atoms with Crippen LogP contribution in [0, 0.1) is 0 Å². The van der Waals surface area contributed by atoms with Crippen LogP contribution in [0.2, 0.25) is 10.0 Å². The Labute approximate surface area is 130 Å². The molecule has 1 fully saturated rings. The van der Waals surface area contributed by atoms with E-state index >= 15 is 0 Å². The summed E-state index contributed by atoms with van der Waals surface area (Å²) in [5, 5.41) is 5.12. The highest BCUT2D eigenvalue weighted by atomic mass is 35.5. The number of rotatable bonds is 1. The van der Waals surface area contributed by atoms with Crippen molar-refractivity contribution in [2.75, 3.05) is 18.4 Å². The number of benzene rings is 1. The van der Waals surface area contributed by atoms with Gasteiger partial charge in [-0.2, -0.15) is 0 Å². The van der Waals surface area contributed by atoms with Crippen molar-refractivity contribution in [3.05, 3.63) is 28.2 Å². The zero-order chi connectivity index (χ0) is 13.7. The first-order valence-electron chi connectivity index (χ1n) is 6.68. The molecular weight excluding hydrogens is 299 g/mol. The Balaban J connectivity index is 1.96. The highest BCUT2D eigenvalue weighted by Gasteiger charge is 2.12. The van der Waals surface area contributed by atoms with E-state index in [4.69, 9.17) is 35.4 Å². The summed E-state index contributed by atoms with van der Waals surface area (Å²) in [7, 11) is 0. The quantitative estimate of drug-likeness (QED) is 0.737. The molecule has 1 saturated heterocycles. The van der Waals surface area contributed by atoms with Crippen molar-refractivity contribution in [1.29, 1.82) is 0 Å². The highest BCUT2D eigenvalue weighted by molar-refractivity contribution is 7.80. The molecule has 2 nitrogen and oxygen atoms in total. The van der Waals surface area contributed by atoms with E-state index in [1.807, 2.05) is 6.07 Å². The summed E-state index contributed by atoms with van der Waals surface area (Å²) in [5.41, 5.74) is 0.890. The molecule has 0 spiro atoms. The van der Waals surface area contributed by atoms with E-state index in [2.05, 4.69) is 10.2 Å². The molecule has 1 aromatic rings. The Morgan fingerprint density at radius 1 is 1.00 bits per heavy atom. The van der Waals surface area contributed by atoms with Crippen molar-refractivity contribution in [2.24, 2.45) is 0 Å². The lowest BCUT2D eigenvalue weighted by molar-refractivity contribution is 0.366. The van der Waals surface area contributed by atoms with Gasteiger partial charge in [-0.25, -0.2) is 0 Å². The van der Waals surface area contributed by atoms with Crippen LogP contribution in [-0.4, -0.2) is 23.1 Å². The third kappa shape index (κ3) is 4.51. The monoisotopic (exact) mass is 316 g/mol. The van der Waals surface area contributed by atoms with Crippen molar-refractivity contribution >= 4 is 46.2 Å². The van der Waals surface area contributed by atoms with Gasteiger partial charge in [0.2, 0.25) is 0 Å². The average molecular weight is 317 g/mol. The van der Waals surface area contributed by atoms with Gasteiger partial charge in [0.1, 0.15) is 0 Å². The van der Waals surface area contributed by atoms with Crippen LogP contribution in [-0.2, 0) is 0 Å². The maximum absolute atomic E-state index is 6.00. The van der Waals surface area contributed by atoms with Crippen LogP contribution in [0.5, 0.6) is 0 Å². The third-order valence-corrected chi connectivity index (χ3v) is 4.41. The van der Waals surface area contributed by atoms with Crippen molar-refractivity contribution in [2.45, 2.75) is 32.1 Å². The number of nitrogens with one attached hydrogen (secondary N) is 1. The second-order valence-corrected chi connectivity index (χ2v) is 6.01. The number of thiocarbonyl (C=S) groups is 1. The molecular formula is C14H18Cl2N2S. The lowest BCUT2D eigenvalue weighted by Crippen LogP contribution is -2.36. The first-order valence-corrected chi connectivity index (χ1v) is 7.84. The minimum absolute atomic E-state index is 0.544. The number of nitrogens with zero attached hydrogens (tertiary/aromatic N) is 1. The molecule has 2 rings (SSSR count). The Bertz CT molecular complexity index is 443. The predicted octanol–water partition coefficient (Wildman–Crippen LogP) is 4.96. The van der Waals surface area contributed by atoms with Crippen LogP contribution >= 0.6 is 35.4 Å². The van der Waals surface area contributed by atoms with Gasteiger partial charge in [-0.1, -0.05) is 42.5 Å². The van der Waals surface area contributed by atoms with Crippen molar-refractivity contribution in [1.82, 2.24) is 4.90 Å². The minimum atomic E-state index is 0.544. The molecule has 1 aromatic carbocycles. The highest BCUT2D eigenvalue weighted by Crippen LogP contribution is 2.25. The van der Waals surface area contributed by atoms with Gasteiger partial charge in [0.25, 0.3) is 0 Å². The largest absolute Gasteiger partial charge is 0.349 e.